The molecule has 2 aliphatic heterocycles. The van der Waals surface area contributed by atoms with Crippen LogP contribution < -0.4 is 4.74 Å². The van der Waals surface area contributed by atoms with Crippen LogP contribution in [0.2, 0.25) is 0 Å². The first kappa shape index (κ1) is 24.7. The molecule has 7 heteroatoms. The fourth-order valence-electron chi connectivity index (χ4n) is 6.16. The lowest BCUT2D eigenvalue weighted by Crippen LogP contribution is -2.49. The summed E-state index contributed by atoms with van der Waals surface area (Å²) in [6.07, 6.45) is 3.63. The molecule has 0 spiro atoms. The monoisotopic (exact) mass is 532 g/mol. The van der Waals surface area contributed by atoms with Crippen LogP contribution in [0.25, 0.3) is 33.0 Å². The average Bonchev–Trinajstić information content (AvgIpc) is 3.33. The number of aliphatic imine (C=N–C) groups is 2. The topological polar surface area (TPSA) is 80.9 Å². The van der Waals surface area contributed by atoms with Crippen molar-refractivity contribution in [3.8, 4) is 39.5 Å². The van der Waals surface area contributed by atoms with Gasteiger partial charge in [0.1, 0.15) is 23.9 Å². The fourth-order valence-corrected chi connectivity index (χ4v) is 6.16. The van der Waals surface area contributed by atoms with Gasteiger partial charge >= 0.3 is 0 Å². The molecule has 1 saturated heterocycles. The summed E-state index contributed by atoms with van der Waals surface area (Å²) in [5.41, 5.74) is 6.82. The summed E-state index contributed by atoms with van der Waals surface area (Å²) < 4.78 is 6.26. The highest BCUT2D eigenvalue weighted by Gasteiger charge is 2.25. The van der Waals surface area contributed by atoms with E-state index in [1.807, 2.05) is 42.6 Å². The highest BCUT2D eigenvalue weighted by atomic mass is 16.5. The van der Waals surface area contributed by atoms with Gasteiger partial charge in [-0.15, -0.1) is 0 Å². The van der Waals surface area contributed by atoms with Crippen LogP contribution in [0.3, 0.4) is 0 Å². The summed E-state index contributed by atoms with van der Waals surface area (Å²) in [4.78, 5) is 13.7. The Labute approximate surface area is 233 Å². The Morgan fingerprint density at radius 1 is 0.850 bits per heavy atom. The van der Waals surface area contributed by atoms with E-state index in [1.54, 1.807) is 12.1 Å². The molecule has 202 valence electrons. The number of aromatic hydroxyl groups is 2. The lowest BCUT2D eigenvalue weighted by molar-refractivity contribution is 0.153. The first-order valence-electron chi connectivity index (χ1n) is 14.0. The summed E-state index contributed by atoms with van der Waals surface area (Å²) in [6.45, 7) is 6.13. The second-order valence-electron chi connectivity index (χ2n) is 10.7. The standard InChI is InChI=1S/C33H32N4O3/c38-25-7-8-28-24(17-25)20-31-30(28)19-22-5-6-26(39)21-29(22)32(31)23-3-1-4-27(18-23)40-16-15-36-11-13-37(14-12-36)33-34-9-2-10-35-33/h1,3-9,17-19,21,38-39H,2,10-16,20H2. The summed E-state index contributed by atoms with van der Waals surface area (Å²) in [5, 5.41) is 22.6. The van der Waals surface area contributed by atoms with E-state index in [9.17, 15) is 10.2 Å². The van der Waals surface area contributed by atoms with Gasteiger partial charge in [-0.05, 0) is 93.0 Å². The molecule has 0 unspecified atom stereocenters. The van der Waals surface area contributed by atoms with Gasteiger partial charge in [0.15, 0.2) is 0 Å². The third-order valence-electron chi connectivity index (χ3n) is 8.15. The zero-order chi connectivity index (χ0) is 27.1. The molecule has 0 aromatic heterocycles. The number of hydrogen-bond donors (Lipinski definition) is 2. The average molecular weight is 533 g/mol. The molecule has 3 aliphatic rings. The van der Waals surface area contributed by atoms with Crippen LogP contribution in [0.5, 0.6) is 17.2 Å². The zero-order valence-electron chi connectivity index (χ0n) is 22.4. The van der Waals surface area contributed by atoms with E-state index >= 15 is 0 Å². The molecule has 1 aliphatic carbocycles. The van der Waals surface area contributed by atoms with E-state index in [0.717, 1.165) is 96.8 Å². The summed E-state index contributed by atoms with van der Waals surface area (Å²) in [7, 11) is 0. The normalized spacial score (nSPS) is 16.6. The van der Waals surface area contributed by atoms with E-state index in [0.29, 0.717) is 6.61 Å². The molecule has 0 atom stereocenters. The number of fused-ring (bicyclic) bond motifs is 4. The van der Waals surface area contributed by atoms with Crippen molar-refractivity contribution in [2.24, 2.45) is 9.98 Å². The summed E-state index contributed by atoms with van der Waals surface area (Å²) in [6, 6.07) is 21.6. The summed E-state index contributed by atoms with van der Waals surface area (Å²) >= 11 is 0. The molecule has 2 N–H and O–H groups in total. The van der Waals surface area contributed by atoms with Gasteiger partial charge in [0.05, 0.1) is 0 Å². The number of nitrogens with zero attached hydrogens (tertiary/aromatic N) is 4. The SMILES string of the molecule is Oc1ccc2c(c1)Cc1c-2cc2ccc(O)cc2c1-c1cccc(OCCN2CCN(C3=NCCC=N3)CC2)c1. The van der Waals surface area contributed by atoms with Crippen molar-refractivity contribution in [1.29, 1.82) is 0 Å². The molecule has 1 fully saturated rings. The van der Waals surface area contributed by atoms with Crippen molar-refractivity contribution in [3.05, 3.63) is 77.9 Å². The minimum Gasteiger partial charge on any atom is -0.508 e. The Morgan fingerprint density at radius 2 is 1.70 bits per heavy atom. The van der Waals surface area contributed by atoms with Crippen LogP contribution >= 0.6 is 0 Å². The minimum atomic E-state index is 0.247. The number of benzene rings is 4. The maximum atomic E-state index is 10.4. The lowest BCUT2D eigenvalue weighted by atomic mass is 9.89. The van der Waals surface area contributed by atoms with Crippen molar-refractivity contribution >= 4 is 22.9 Å². The fraction of sp³-hybridized carbons (Fsp3) is 0.273. The molecule has 7 rings (SSSR count). The largest absolute Gasteiger partial charge is 0.508 e. The number of phenols is 2. The third-order valence-corrected chi connectivity index (χ3v) is 8.15. The molecular weight excluding hydrogens is 500 g/mol. The highest BCUT2D eigenvalue weighted by molar-refractivity contribution is 6.05. The quantitative estimate of drug-likeness (QED) is 0.320. The first-order chi connectivity index (χ1) is 19.6. The predicted octanol–water partition coefficient (Wildman–Crippen LogP) is 5.32. The minimum absolute atomic E-state index is 0.247. The highest BCUT2D eigenvalue weighted by Crippen LogP contribution is 2.47. The number of piperazine rings is 1. The molecule has 4 aromatic carbocycles. The van der Waals surface area contributed by atoms with Gasteiger partial charge in [-0.3, -0.25) is 9.89 Å². The van der Waals surface area contributed by atoms with E-state index in [1.165, 1.54) is 11.1 Å². The number of guanidine groups is 1. The smallest absolute Gasteiger partial charge is 0.220 e. The van der Waals surface area contributed by atoms with Crippen LogP contribution in [0, 0.1) is 0 Å². The zero-order valence-corrected chi connectivity index (χ0v) is 22.4. The van der Waals surface area contributed by atoms with E-state index in [-0.39, 0.29) is 11.5 Å². The number of rotatable bonds is 5. The van der Waals surface area contributed by atoms with Crippen LogP contribution in [-0.2, 0) is 6.42 Å². The maximum Gasteiger partial charge on any atom is 0.220 e. The molecule has 0 saturated carbocycles. The molecule has 2 heterocycles. The Balaban J connectivity index is 1.10. The van der Waals surface area contributed by atoms with Crippen molar-refractivity contribution in [2.45, 2.75) is 12.8 Å². The molecule has 0 bridgehead atoms. The number of hydrogen-bond acceptors (Lipinski definition) is 7. The molecule has 0 amide bonds. The second-order valence-corrected chi connectivity index (χ2v) is 10.7. The van der Waals surface area contributed by atoms with Gasteiger partial charge in [0.2, 0.25) is 5.96 Å². The van der Waals surface area contributed by atoms with Gasteiger partial charge in [0, 0.05) is 51.9 Å². The van der Waals surface area contributed by atoms with E-state index in [4.69, 9.17) is 4.74 Å². The third kappa shape index (κ3) is 4.67. The Bertz CT molecular complexity index is 1650. The van der Waals surface area contributed by atoms with Gasteiger partial charge in [-0.25, -0.2) is 4.99 Å². The van der Waals surface area contributed by atoms with Crippen LogP contribution in [-0.4, -0.2) is 78.1 Å². The Hall–Kier alpha value is -4.36. The number of ether oxygens (including phenoxy) is 1. The van der Waals surface area contributed by atoms with Gasteiger partial charge in [-0.2, -0.15) is 0 Å². The Kier molecular flexibility index (Phi) is 6.36. The van der Waals surface area contributed by atoms with Crippen LogP contribution in [0.4, 0.5) is 0 Å². The van der Waals surface area contributed by atoms with E-state index < -0.39 is 0 Å². The lowest BCUT2D eigenvalue weighted by Gasteiger charge is -2.35. The molecule has 0 radical (unpaired) electrons. The second kappa shape index (κ2) is 10.3. The van der Waals surface area contributed by atoms with Gasteiger partial charge < -0.3 is 19.8 Å². The molecule has 40 heavy (non-hydrogen) atoms. The molecule has 7 nitrogen and oxygen atoms in total. The molecule has 4 aromatic rings. The van der Waals surface area contributed by atoms with Crippen molar-refractivity contribution in [2.75, 3.05) is 45.9 Å². The summed E-state index contributed by atoms with van der Waals surface area (Å²) in [5.74, 6) is 2.24. The predicted molar refractivity (Wildman–Crippen MR) is 160 cm³/mol. The van der Waals surface area contributed by atoms with Crippen molar-refractivity contribution in [1.82, 2.24) is 9.80 Å². The maximum absolute atomic E-state index is 10.4. The van der Waals surface area contributed by atoms with Gasteiger partial charge in [0.25, 0.3) is 0 Å². The number of phenolic OH excluding ortho intramolecular Hbond substituents is 2. The van der Waals surface area contributed by atoms with Crippen molar-refractivity contribution < 1.29 is 14.9 Å². The van der Waals surface area contributed by atoms with Gasteiger partial charge in [-0.1, -0.05) is 24.3 Å². The Morgan fingerprint density at radius 3 is 2.55 bits per heavy atom. The van der Waals surface area contributed by atoms with Crippen LogP contribution in [0.15, 0.2) is 76.7 Å². The van der Waals surface area contributed by atoms with E-state index in [2.05, 4.69) is 38.0 Å². The molecular formula is C33H32N4O3. The van der Waals surface area contributed by atoms with Crippen LogP contribution in [0.1, 0.15) is 17.5 Å². The first-order valence-corrected chi connectivity index (χ1v) is 14.0. The van der Waals surface area contributed by atoms with Crippen molar-refractivity contribution in [3.63, 3.8) is 0 Å².